The number of fused-ring (bicyclic) bond motifs is 1. The van der Waals surface area contributed by atoms with Crippen LogP contribution in [0.25, 0.3) is 11.1 Å². The Hall–Kier alpha value is -3.82. The van der Waals surface area contributed by atoms with E-state index in [1.807, 2.05) is 0 Å². The van der Waals surface area contributed by atoms with Crippen molar-refractivity contribution in [2.45, 2.75) is 38.5 Å². The minimum atomic E-state index is -0.451. The van der Waals surface area contributed by atoms with Crippen molar-refractivity contribution in [1.82, 2.24) is 9.90 Å². The van der Waals surface area contributed by atoms with Crippen LogP contribution in [0.4, 0.5) is 17.1 Å². The highest BCUT2D eigenvalue weighted by atomic mass is 16.6. The number of nitro benzene ring substituents is 2. The van der Waals surface area contributed by atoms with Crippen molar-refractivity contribution >= 4 is 17.1 Å². The molecule has 0 fully saturated rings. The van der Waals surface area contributed by atoms with Gasteiger partial charge in [0.25, 0.3) is 11.4 Å². The fraction of sp³-hybridized carbons (Fsp3) is 0.300. The molecule has 3 aromatic rings. The number of aryl methyl sites for hydroxylation is 1. The van der Waals surface area contributed by atoms with Crippen LogP contribution in [0.3, 0.4) is 0 Å². The molecule has 1 heterocycles. The third-order valence-corrected chi connectivity index (χ3v) is 5.11. The first-order valence-electron chi connectivity index (χ1n) is 9.77. The molecule has 10 heteroatoms. The van der Waals surface area contributed by atoms with Gasteiger partial charge >= 0.3 is 0 Å². The maximum Gasteiger partial charge on any atom is 0.269 e. The molecule has 0 amide bonds. The molecule has 30 heavy (non-hydrogen) atoms. The summed E-state index contributed by atoms with van der Waals surface area (Å²) in [6.45, 7) is 0. The molecule has 154 valence electrons. The largest absolute Gasteiger partial charge is 0.271 e. The van der Waals surface area contributed by atoms with Crippen molar-refractivity contribution in [3.05, 3.63) is 85.6 Å². The first kappa shape index (κ1) is 19.5. The van der Waals surface area contributed by atoms with Crippen LogP contribution in [-0.2, 0) is 12.8 Å². The standard InChI is InChI=1S/C20H20N6O4/c27-25(28)17-9-7-15(8-10-17)21-24-20-6-4-2-1-3-5-19(20)22-23(24)16-11-13-18(14-12-16)26(29)30/h7-14H,1-6H2. The van der Waals surface area contributed by atoms with Crippen molar-refractivity contribution < 1.29 is 14.6 Å². The maximum atomic E-state index is 11.0. The number of nitrogens with zero attached hydrogens (tertiary/aromatic N) is 6. The van der Waals surface area contributed by atoms with E-state index < -0.39 is 9.85 Å². The molecule has 1 aliphatic carbocycles. The van der Waals surface area contributed by atoms with E-state index in [1.165, 1.54) is 24.3 Å². The van der Waals surface area contributed by atoms with E-state index >= 15 is 0 Å². The summed E-state index contributed by atoms with van der Waals surface area (Å²) in [5.74, 6) is 0. The van der Waals surface area contributed by atoms with Gasteiger partial charge < -0.3 is 0 Å². The summed E-state index contributed by atoms with van der Waals surface area (Å²) in [5.41, 5.74) is 7.84. The molecule has 0 radical (unpaired) electrons. The summed E-state index contributed by atoms with van der Waals surface area (Å²) in [5, 5.41) is 26.6. The van der Waals surface area contributed by atoms with Gasteiger partial charge in [-0.3, -0.25) is 25.7 Å². The van der Waals surface area contributed by atoms with Crippen LogP contribution in [0.2, 0.25) is 0 Å². The number of nitro groups is 2. The van der Waals surface area contributed by atoms with Crippen LogP contribution < -0.4 is 4.79 Å². The van der Waals surface area contributed by atoms with Crippen molar-refractivity contribution in [2.75, 3.05) is 0 Å². The van der Waals surface area contributed by atoms with E-state index in [2.05, 4.69) is 5.43 Å². The molecule has 1 aromatic heterocycles. The Kier molecular flexibility index (Phi) is 5.38. The third-order valence-electron chi connectivity index (χ3n) is 5.11. The average molecular weight is 408 g/mol. The highest BCUT2D eigenvalue weighted by molar-refractivity contribution is 5.50. The topological polar surface area (TPSA) is 122 Å². The first-order chi connectivity index (χ1) is 14.5. The molecule has 0 atom stereocenters. The zero-order valence-corrected chi connectivity index (χ0v) is 16.2. The van der Waals surface area contributed by atoms with Crippen LogP contribution in [0, 0.1) is 20.2 Å². The second kappa shape index (κ2) is 8.27. The number of aromatic nitrogens is 3. The maximum absolute atomic E-state index is 11.0. The Morgan fingerprint density at radius 2 is 1.40 bits per heavy atom. The molecule has 0 aliphatic heterocycles. The number of hydrogen-bond acceptors (Lipinski definition) is 5. The van der Waals surface area contributed by atoms with Crippen LogP contribution >= 0.6 is 0 Å². The molecule has 10 nitrogen and oxygen atoms in total. The first-order valence-corrected chi connectivity index (χ1v) is 9.77. The van der Waals surface area contributed by atoms with Gasteiger partial charge in [0.15, 0.2) is 11.4 Å². The van der Waals surface area contributed by atoms with Gasteiger partial charge in [-0.05, 0) is 47.9 Å². The molecule has 1 aliphatic rings. The molecule has 0 unspecified atom stereocenters. The number of benzene rings is 2. The van der Waals surface area contributed by atoms with Gasteiger partial charge in [0, 0.05) is 42.8 Å². The smallest absolute Gasteiger partial charge is 0.269 e. The van der Waals surface area contributed by atoms with Gasteiger partial charge in [-0.1, -0.05) is 12.8 Å². The lowest BCUT2D eigenvalue weighted by Crippen LogP contribution is -2.42. The average Bonchev–Trinajstić information content (AvgIpc) is 3.04. The second-order valence-corrected chi connectivity index (χ2v) is 7.13. The molecule has 0 N–H and O–H groups in total. The highest BCUT2D eigenvalue weighted by Crippen LogP contribution is 2.24. The van der Waals surface area contributed by atoms with Crippen molar-refractivity contribution in [2.24, 2.45) is 0 Å². The lowest BCUT2D eigenvalue weighted by atomic mass is 10.0. The lowest BCUT2D eigenvalue weighted by molar-refractivity contribution is -0.707. The quantitative estimate of drug-likeness (QED) is 0.357. The lowest BCUT2D eigenvalue weighted by Gasteiger charge is -2.16. The molecule has 0 spiro atoms. The van der Waals surface area contributed by atoms with Crippen molar-refractivity contribution in [3.8, 4) is 5.69 Å². The number of non-ortho nitro benzene ring substituents is 2. The Morgan fingerprint density at radius 1 is 0.833 bits per heavy atom. The Labute approximate surface area is 172 Å². The third kappa shape index (κ3) is 3.97. The zero-order chi connectivity index (χ0) is 21.1. The monoisotopic (exact) mass is 408 g/mol. The fourth-order valence-corrected chi connectivity index (χ4v) is 3.55. The molecule has 2 aromatic carbocycles. The van der Waals surface area contributed by atoms with Crippen LogP contribution in [-0.4, -0.2) is 19.7 Å². The normalized spacial score (nSPS) is 13.7. The van der Waals surface area contributed by atoms with Gasteiger partial charge in [-0.15, -0.1) is 4.80 Å². The molecule has 0 saturated heterocycles. The molecular formula is C20H20N6O4. The Balaban J connectivity index is 1.75. The van der Waals surface area contributed by atoms with E-state index in [-0.39, 0.29) is 11.4 Å². The van der Waals surface area contributed by atoms with Gasteiger partial charge in [0.05, 0.1) is 9.85 Å². The van der Waals surface area contributed by atoms with Crippen LogP contribution in [0.5, 0.6) is 0 Å². The molecular weight excluding hydrogens is 388 g/mol. The van der Waals surface area contributed by atoms with E-state index in [0.717, 1.165) is 49.9 Å². The predicted molar refractivity (Wildman–Crippen MR) is 108 cm³/mol. The predicted octanol–water partition coefficient (Wildman–Crippen LogP) is 4.10. The summed E-state index contributed by atoms with van der Waals surface area (Å²) < 4.78 is 0. The fourth-order valence-electron chi connectivity index (χ4n) is 3.55. The van der Waals surface area contributed by atoms with E-state index in [1.54, 1.807) is 33.9 Å². The molecule has 0 bridgehead atoms. The van der Waals surface area contributed by atoms with Gasteiger partial charge in [0.1, 0.15) is 0 Å². The zero-order valence-electron chi connectivity index (χ0n) is 16.2. The summed E-state index contributed by atoms with van der Waals surface area (Å²) in [4.78, 5) is 24.4. The van der Waals surface area contributed by atoms with Crippen molar-refractivity contribution in [1.29, 1.82) is 0 Å². The van der Waals surface area contributed by atoms with Crippen molar-refractivity contribution in [3.63, 3.8) is 0 Å². The minimum Gasteiger partial charge on any atom is -0.271 e. The minimum absolute atomic E-state index is 0.00172. The van der Waals surface area contributed by atoms with Gasteiger partial charge in [-0.2, -0.15) is 4.79 Å². The van der Waals surface area contributed by atoms with Crippen LogP contribution in [0.15, 0.2) is 48.5 Å². The molecule has 4 rings (SSSR count). The van der Waals surface area contributed by atoms with E-state index in [9.17, 15) is 20.2 Å². The summed E-state index contributed by atoms with van der Waals surface area (Å²) in [6.07, 6.45) is 6.02. The number of rotatable bonds is 5. The van der Waals surface area contributed by atoms with E-state index in [0.29, 0.717) is 11.4 Å². The number of hydrogen-bond donors (Lipinski definition) is 0. The van der Waals surface area contributed by atoms with Gasteiger partial charge in [0.2, 0.25) is 0 Å². The summed E-state index contributed by atoms with van der Waals surface area (Å²) in [6, 6.07) is 12.2. The van der Waals surface area contributed by atoms with Crippen LogP contribution in [0.1, 0.15) is 37.1 Å². The summed E-state index contributed by atoms with van der Waals surface area (Å²) in [7, 11) is 0. The second-order valence-electron chi connectivity index (χ2n) is 7.13. The highest BCUT2D eigenvalue weighted by Gasteiger charge is 2.23. The molecule has 0 saturated carbocycles. The Bertz CT molecular complexity index is 1080. The van der Waals surface area contributed by atoms with E-state index in [4.69, 9.17) is 5.10 Å². The summed E-state index contributed by atoms with van der Waals surface area (Å²) >= 11 is 0. The van der Waals surface area contributed by atoms with Gasteiger partial charge in [-0.25, -0.2) is 0 Å². The Morgan fingerprint density at radius 3 is 2.00 bits per heavy atom. The SMILES string of the molecule is O=[N+]([O-])c1ccc([N-][n+]2c3c(nn2-c2ccc([N+](=O)[O-])cc2)CCCCCC3)cc1.